The lowest BCUT2D eigenvalue weighted by Gasteiger charge is -2.21. The second-order valence-electron chi connectivity index (χ2n) is 7.90. The summed E-state index contributed by atoms with van der Waals surface area (Å²) >= 11 is 0. The second kappa shape index (κ2) is 10.3. The molecule has 0 spiro atoms. The zero-order valence-electron chi connectivity index (χ0n) is 18.1. The molecular formula is C24H28N2O6. The quantitative estimate of drug-likeness (QED) is 0.475. The van der Waals surface area contributed by atoms with Crippen LogP contribution in [0.4, 0.5) is 4.79 Å². The molecule has 3 rings (SSSR count). The highest BCUT2D eigenvalue weighted by molar-refractivity contribution is 5.84. The van der Waals surface area contributed by atoms with Gasteiger partial charge in [0.05, 0.1) is 6.10 Å². The number of aliphatic hydroxyl groups excluding tert-OH is 1. The zero-order chi connectivity index (χ0) is 23.3. The molecule has 32 heavy (non-hydrogen) atoms. The molecule has 2 aromatic rings. The number of fused-ring (bicyclic) bond motifs is 3. The third kappa shape index (κ3) is 5.26. The smallest absolute Gasteiger partial charge is 0.407 e. The summed E-state index contributed by atoms with van der Waals surface area (Å²) in [6.07, 6.45) is -1.57. The van der Waals surface area contributed by atoms with Crippen molar-refractivity contribution in [2.24, 2.45) is 0 Å². The highest BCUT2D eigenvalue weighted by Gasteiger charge is 2.30. The van der Waals surface area contributed by atoms with Gasteiger partial charge in [-0.1, -0.05) is 55.5 Å². The Morgan fingerprint density at radius 1 is 1.00 bits per heavy atom. The van der Waals surface area contributed by atoms with E-state index >= 15 is 0 Å². The summed E-state index contributed by atoms with van der Waals surface area (Å²) in [7, 11) is 0. The number of aliphatic carboxylic acids is 1. The van der Waals surface area contributed by atoms with Crippen LogP contribution in [0.25, 0.3) is 11.1 Å². The average molecular weight is 440 g/mol. The molecule has 1 unspecified atom stereocenters. The number of amides is 2. The zero-order valence-corrected chi connectivity index (χ0v) is 18.1. The molecule has 0 heterocycles. The van der Waals surface area contributed by atoms with Crippen molar-refractivity contribution < 1.29 is 29.3 Å². The Morgan fingerprint density at radius 3 is 2.06 bits per heavy atom. The van der Waals surface area contributed by atoms with Gasteiger partial charge in [0, 0.05) is 18.4 Å². The molecule has 8 heteroatoms. The van der Waals surface area contributed by atoms with Crippen LogP contribution in [0.2, 0.25) is 0 Å². The molecule has 0 aliphatic heterocycles. The van der Waals surface area contributed by atoms with E-state index in [1.165, 1.54) is 6.92 Å². The van der Waals surface area contributed by atoms with Crippen LogP contribution in [-0.4, -0.2) is 53.0 Å². The Hall–Kier alpha value is -3.39. The third-order valence-electron chi connectivity index (χ3n) is 5.66. The van der Waals surface area contributed by atoms with Crippen molar-refractivity contribution >= 4 is 18.0 Å². The Morgan fingerprint density at radius 2 is 1.56 bits per heavy atom. The lowest BCUT2D eigenvalue weighted by atomic mass is 9.98. The summed E-state index contributed by atoms with van der Waals surface area (Å²) < 4.78 is 5.50. The number of ether oxygens (including phenoxy) is 1. The lowest BCUT2D eigenvalue weighted by molar-refractivity contribution is -0.144. The molecule has 1 aliphatic carbocycles. The van der Waals surface area contributed by atoms with Crippen molar-refractivity contribution in [1.82, 2.24) is 10.6 Å². The van der Waals surface area contributed by atoms with Crippen LogP contribution in [0.5, 0.6) is 0 Å². The van der Waals surface area contributed by atoms with Crippen LogP contribution in [0.1, 0.15) is 43.7 Å². The molecule has 1 aliphatic rings. The van der Waals surface area contributed by atoms with Crippen molar-refractivity contribution in [3.05, 3.63) is 59.7 Å². The molecule has 0 bridgehead atoms. The normalized spacial score (nSPS) is 15.1. The Labute approximate surface area is 186 Å². The molecule has 4 N–H and O–H groups in total. The summed E-state index contributed by atoms with van der Waals surface area (Å²) in [6, 6.07) is 14.1. The summed E-state index contributed by atoms with van der Waals surface area (Å²) in [6.45, 7) is 3.24. The van der Waals surface area contributed by atoms with Gasteiger partial charge in [-0.15, -0.1) is 0 Å². The van der Waals surface area contributed by atoms with Gasteiger partial charge >= 0.3 is 12.1 Å². The molecule has 3 atom stereocenters. The Kier molecular flexibility index (Phi) is 7.48. The SMILES string of the molecule is CCC(CC(=O)N[C@H](C(=O)O)[C@@H](C)O)NC(=O)OCC1c2ccccc2-c2ccccc21. The summed E-state index contributed by atoms with van der Waals surface area (Å²) in [4.78, 5) is 35.7. The largest absolute Gasteiger partial charge is 0.480 e. The minimum Gasteiger partial charge on any atom is -0.480 e. The van der Waals surface area contributed by atoms with Gasteiger partial charge in [0.25, 0.3) is 0 Å². The van der Waals surface area contributed by atoms with Crippen LogP contribution in [0.15, 0.2) is 48.5 Å². The second-order valence-corrected chi connectivity index (χ2v) is 7.90. The summed E-state index contributed by atoms with van der Waals surface area (Å²) in [5, 5.41) is 23.5. The van der Waals surface area contributed by atoms with E-state index in [4.69, 9.17) is 9.84 Å². The lowest BCUT2D eigenvalue weighted by Crippen LogP contribution is -2.49. The van der Waals surface area contributed by atoms with Crippen molar-refractivity contribution in [3.63, 3.8) is 0 Å². The van der Waals surface area contributed by atoms with Gasteiger partial charge in [-0.05, 0) is 35.6 Å². The number of alkyl carbamates (subject to hydrolysis) is 1. The van der Waals surface area contributed by atoms with Crippen molar-refractivity contribution in [3.8, 4) is 11.1 Å². The molecule has 0 saturated heterocycles. The van der Waals surface area contributed by atoms with E-state index in [2.05, 4.69) is 22.8 Å². The van der Waals surface area contributed by atoms with Crippen molar-refractivity contribution in [1.29, 1.82) is 0 Å². The van der Waals surface area contributed by atoms with Crippen molar-refractivity contribution in [2.75, 3.05) is 6.61 Å². The first-order valence-electron chi connectivity index (χ1n) is 10.6. The molecule has 0 fully saturated rings. The number of nitrogens with one attached hydrogen (secondary N) is 2. The fourth-order valence-electron chi connectivity index (χ4n) is 3.95. The number of hydrogen-bond acceptors (Lipinski definition) is 5. The van der Waals surface area contributed by atoms with E-state index in [0.29, 0.717) is 6.42 Å². The first-order valence-corrected chi connectivity index (χ1v) is 10.6. The van der Waals surface area contributed by atoms with E-state index in [1.54, 1.807) is 6.92 Å². The Balaban J connectivity index is 1.57. The maximum Gasteiger partial charge on any atom is 0.407 e. The van der Waals surface area contributed by atoms with Crippen LogP contribution < -0.4 is 10.6 Å². The maximum absolute atomic E-state index is 12.4. The summed E-state index contributed by atoms with van der Waals surface area (Å²) in [5.41, 5.74) is 4.47. The van der Waals surface area contributed by atoms with Gasteiger partial charge in [-0.2, -0.15) is 0 Å². The minimum atomic E-state index is -1.41. The highest BCUT2D eigenvalue weighted by Crippen LogP contribution is 2.44. The molecule has 0 aromatic heterocycles. The number of benzene rings is 2. The van der Waals surface area contributed by atoms with Gasteiger partial charge in [0.15, 0.2) is 6.04 Å². The van der Waals surface area contributed by atoms with Gasteiger partial charge in [-0.3, -0.25) is 4.79 Å². The molecule has 2 amide bonds. The average Bonchev–Trinajstić information content (AvgIpc) is 3.09. The Bertz CT molecular complexity index is 944. The first kappa shape index (κ1) is 23.3. The third-order valence-corrected chi connectivity index (χ3v) is 5.66. The predicted octanol–water partition coefficient (Wildman–Crippen LogP) is 2.64. The number of carbonyl (C=O) groups excluding carboxylic acids is 2. The number of rotatable bonds is 9. The van der Waals surface area contributed by atoms with Gasteiger partial charge in [0.2, 0.25) is 5.91 Å². The van der Waals surface area contributed by atoms with Crippen molar-refractivity contribution in [2.45, 2.75) is 50.8 Å². The van der Waals surface area contributed by atoms with Crippen LogP contribution >= 0.6 is 0 Å². The van der Waals surface area contributed by atoms with Crippen LogP contribution in [0.3, 0.4) is 0 Å². The van der Waals surface area contributed by atoms with E-state index in [9.17, 15) is 19.5 Å². The number of carboxylic acids is 1. The fraction of sp³-hybridized carbons (Fsp3) is 0.375. The van der Waals surface area contributed by atoms with Gasteiger partial charge < -0.3 is 25.6 Å². The monoisotopic (exact) mass is 440 g/mol. The van der Waals surface area contributed by atoms with E-state index < -0.39 is 36.2 Å². The molecule has 170 valence electrons. The molecular weight excluding hydrogens is 412 g/mol. The summed E-state index contributed by atoms with van der Waals surface area (Å²) in [5.74, 6) is -1.98. The predicted molar refractivity (Wildman–Crippen MR) is 118 cm³/mol. The van der Waals surface area contributed by atoms with Crippen LogP contribution in [0, 0.1) is 0 Å². The number of hydrogen-bond donors (Lipinski definition) is 4. The molecule has 2 aromatic carbocycles. The van der Waals surface area contributed by atoms with E-state index in [1.807, 2.05) is 36.4 Å². The van der Waals surface area contributed by atoms with E-state index in [0.717, 1.165) is 22.3 Å². The van der Waals surface area contributed by atoms with Gasteiger partial charge in [0.1, 0.15) is 6.61 Å². The van der Waals surface area contributed by atoms with Crippen LogP contribution in [-0.2, 0) is 14.3 Å². The molecule has 8 nitrogen and oxygen atoms in total. The molecule has 0 saturated carbocycles. The minimum absolute atomic E-state index is 0.0705. The molecule has 0 radical (unpaired) electrons. The fourth-order valence-corrected chi connectivity index (χ4v) is 3.95. The van der Waals surface area contributed by atoms with E-state index in [-0.39, 0.29) is 18.9 Å². The maximum atomic E-state index is 12.4. The number of aliphatic hydroxyl groups is 1. The number of carboxylic acid groups (broad SMARTS) is 1. The standard InChI is InChI=1S/C24H28N2O6/c1-3-15(12-21(28)26-22(14(2)27)23(29)30)25-24(31)32-13-20-18-10-6-4-8-16(18)17-9-5-7-11-19(17)20/h4-11,14-15,20,22,27H,3,12-13H2,1-2H3,(H,25,31)(H,26,28)(H,29,30)/t14-,15?,22+/m1/s1. The first-order chi connectivity index (χ1) is 15.3. The highest BCUT2D eigenvalue weighted by atomic mass is 16.5. The topological polar surface area (TPSA) is 125 Å². The number of carbonyl (C=O) groups is 3. The van der Waals surface area contributed by atoms with Gasteiger partial charge in [-0.25, -0.2) is 9.59 Å².